The summed E-state index contributed by atoms with van der Waals surface area (Å²) in [6.45, 7) is 8.96. The Labute approximate surface area is 122 Å². The first-order valence-corrected chi connectivity index (χ1v) is 7.26. The van der Waals surface area contributed by atoms with Gasteiger partial charge in [-0.25, -0.2) is 4.98 Å². The van der Waals surface area contributed by atoms with Crippen LogP contribution >= 0.6 is 15.9 Å². The molecule has 2 rings (SSSR count). The number of amides is 1. The number of hydrogen-bond donors (Lipinski definition) is 1. The summed E-state index contributed by atoms with van der Waals surface area (Å²) in [5, 5.41) is 3.35. The van der Waals surface area contributed by atoms with E-state index in [0.29, 0.717) is 6.42 Å². The topological polar surface area (TPSA) is 45.2 Å². The second-order valence-electron chi connectivity index (χ2n) is 6.04. The lowest BCUT2D eigenvalue weighted by Crippen LogP contribution is -2.43. The van der Waals surface area contributed by atoms with Crippen molar-refractivity contribution in [2.24, 2.45) is 0 Å². The van der Waals surface area contributed by atoms with Crippen LogP contribution in [0.4, 0.5) is 5.82 Å². The molecule has 2 heterocycles. The van der Waals surface area contributed by atoms with Gasteiger partial charge in [-0.1, -0.05) is 0 Å². The van der Waals surface area contributed by atoms with E-state index in [1.165, 1.54) is 0 Å². The van der Waals surface area contributed by atoms with Gasteiger partial charge in [-0.2, -0.15) is 0 Å². The molecule has 0 aromatic carbocycles. The van der Waals surface area contributed by atoms with Gasteiger partial charge in [-0.05, 0) is 55.3 Å². The molecule has 1 unspecified atom stereocenters. The van der Waals surface area contributed by atoms with E-state index in [1.54, 1.807) is 6.20 Å². The second-order valence-corrected chi connectivity index (χ2v) is 6.89. The molecule has 1 aromatic heterocycles. The number of likely N-dealkylation sites (tertiary alicyclic amines) is 1. The van der Waals surface area contributed by atoms with E-state index in [4.69, 9.17) is 0 Å². The molecule has 1 fully saturated rings. The Bertz CT molecular complexity index is 496. The van der Waals surface area contributed by atoms with Crippen molar-refractivity contribution in [1.29, 1.82) is 0 Å². The van der Waals surface area contributed by atoms with Crippen molar-refractivity contribution >= 4 is 27.7 Å². The molecular weight excluding hydrogens is 306 g/mol. The highest BCUT2D eigenvalue weighted by Crippen LogP contribution is 2.24. The average Bonchev–Trinajstić information content (AvgIpc) is 2.64. The minimum absolute atomic E-state index is 0.115. The van der Waals surface area contributed by atoms with Crippen molar-refractivity contribution in [3.05, 3.63) is 22.3 Å². The molecule has 1 atom stereocenters. The summed E-state index contributed by atoms with van der Waals surface area (Å²) in [6.07, 6.45) is 2.32. The van der Waals surface area contributed by atoms with Gasteiger partial charge < -0.3 is 10.2 Å². The third-order valence-corrected chi connectivity index (χ3v) is 4.16. The molecule has 104 valence electrons. The maximum Gasteiger partial charge on any atom is 0.225 e. The minimum Gasteiger partial charge on any atom is -0.365 e. The van der Waals surface area contributed by atoms with Gasteiger partial charge in [0.25, 0.3) is 0 Å². The van der Waals surface area contributed by atoms with Crippen molar-refractivity contribution in [1.82, 2.24) is 9.88 Å². The van der Waals surface area contributed by atoms with Gasteiger partial charge in [0, 0.05) is 29.2 Å². The average molecular weight is 326 g/mol. The summed E-state index contributed by atoms with van der Waals surface area (Å²) in [4.78, 5) is 18.3. The first-order chi connectivity index (χ1) is 8.77. The molecule has 4 nitrogen and oxygen atoms in total. The van der Waals surface area contributed by atoms with E-state index in [2.05, 4.69) is 47.0 Å². The molecule has 0 aliphatic carbocycles. The van der Waals surface area contributed by atoms with Crippen LogP contribution in [0, 0.1) is 6.92 Å². The number of carbonyl (C=O) groups is 1. The monoisotopic (exact) mass is 325 g/mol. The van der Waals surface area contributed by atoms with E-state index in [-0.39, 0.29) is 17.5 Å². The lowest BCUT2D eigenvalue weighted by Gasteiger charge is -2.32. The molecule has 1 saturated heterocycles. The number of halogens is 1. The first kappa shape index (κ1) is 14.3. The largest absolute Gasteiger partial charge is 0.365 e. The van der Waals surface area contributed by atoms with E-state index in [0.717, 1.165) is 22.4 Å². The van der Waals surface area contributed by atoms with Crippen LogP contribution in [0.25, 0.3) is 0 Å². The Hall–Kier alpha value is -1.10. The number of anilines is 1. The van der Waals surface area contributed by atoms with Gasteiger partial charge >= 0.3 is 0 Å². The number of aryl methyl sites for hydroxylation is 1. The van der Waals surface area contributed by atoms with Gasteiger partial charge in [-0.15, -0.1) is 0 Å². The van der Waals surface area contributed by atoms with Crippen molar-refractivity contribution in [3.63, 3.8) is 0 Å². The number of aromatic nitrogens is 1. The summed E-state index contributed by atoms with van der Waals surface area (Å²) in [5.74, 6) is 1.04. The van der Waals surface area contributed by atoms with Gasteiger partial charge in [-0.3, -0.25) is 4.79 Å². The van der Waals surface area contributed by atoms with Crippen molar-refractivity contribution in [3.8, 4) is 0 Å². The Morgan fingerprint density at radius 2 is 2.16 bits per heavy atom. The molecule has 19 heavy (non-hydrogen) atoms. The maximum absolute atomic E-state index is 12.0. The van der Waals surface area contributed by atoms with E-state index in [9.17, 15) is 4.79 Å². The van der Waals surface area contributed by atoms with Gasteiger partial charge in [0.1, 0.15) is 5.82 Å². The Morgan fingerprint density at radius 3 is 2.68 bits per heavy atom. The number of nitrogens with one attached hydrogen (secondary N) is 1. The number of carbonyl (C=O) groups excluding carboxylic acids is 1. The zero-order valence-corrected chi connectivity index (χ0v) is 13.4. The summed E-state index contributed by atoms with van der Waals surface area (Å²) in [5.41, 5.74) is 1.02. The molecule has 0 saturated carbocycles. The maximum atomic E-state index is 12.0. The van der Waals surface area contributed by atoms with Crippen molar-refractivity contribution in [2.75, 3.05) is 11.9 Å². The van der Waals surface area contributed by atoms with Crippen LogP contribution in [0.15, 0.2) is 16.7 Å². The van der Waals surface area contributed by atoms with Crippen molar-refractivity contribution in [2.45, 2.75) is 45.7 Å². The lowest BCUT2D eigenvalue weighted by molar-refractivity contribution is -0.131. The Balaban J connectivity index is 2.05. The van der Waals surface area contributed by atoms with E-state index in [1.807, 2.05) is 17.9 Å². The molecule has 5 heteroatoms. The minimum atomic E-state index is -0.115. The molecule has 1 aromatic rings. The lowest BCUT2D eigenvalue weighted by atomic mass is 10.1. The molecular formula is C14H20BrN3O. The predicted octanol–water partition coefficient (Wildman–Crippen LogP) is 2.96. The summed E-state index contributed by atoms with van der Waals surface area (Å²) >= 11 is 3.43. The standard InChI is InChI=1S/C14H20BrN3O/c1-9-5-12(16-7-11(9)15)17-10-6-13(19)18(8-10)14(2,3)4/h5,7,10H,6,8H2,1-4H3,(H,16,17). The summed E-state index contributed by atoms with van der Waals surface area (Å²) < 4.78 is 0.997. The third-order valence-electron chi connectivity index (χ3n) is 3.33. The van der Waals surface area contributed by atoms with Crippen molar-refractivity contribution < 1.29 is 4.79 Å². The molecule has 0 bridgehead atoms. The van der Waals surface area contributed by atoms with Gasteiger partial charge in [0.05, 0.1) is 6.04 Å². The van der Waals surface area contributed by atoms with E-state index >= 15 is 0 Å². The first-order valence-electron chi connectivity index (χ1n) is 6.46. The van der Waals surface area contributed by atoms with Crippen LogP contribution < -0.4 is 5.32 Å². The third kappa shape index (κ3) is 3.26. The highest BCUT2D eigenvalue weighted by Gasteiger charge is 2.36. The van der Waals surface area contributed by atoms with Crippen LogP contribution in [0.2, 0.25) is 0 Å². The normalized spacial score (nSPS) is 19.9. The number of hydrogen-bond acceptors (Lipinski definition) is 3. The molecule has 0 spiro atoms. The SMILES string of the molecule is Cc1cc(NC2CC(=O)N(C(C)(C)C)C2)ncc1Br. The fraction of sp³-hybridized carbons (Fsp3) is 0.571. The Kier molecular flexibility index (Phi) is 3.85. The van der Waals surface area contributed by atoms with Crippen LogP contribution in [-0.2, 0) is 4.79 Å². The van der Waals surface area contributed by atoms with E-state index < -0.39 is 0 Å². The number of rotatable bonds is 2. The molecule has 1 aliphatic rings. The molecule has 1 amide bonds. The molecule has 1 N–H and O–H groups in total. The molecule has 1 aliphatic heterocycles. The van der Waals surface area contributed by atoms with Gasteiger partial charge in [0.15, 0.2) is 0 Å². The number of nitrogens with zero attached hydrogens (tertiary/aromatic N) is 2. The highest BCUT2D eigenvalue weighted by molar-refractivity contribution is 9.10. The Morgan fingerprint density at radius 1 is 1.47 bits per heavy atom. The quantitative estimate of drug-likeness (QED) is 0.909. The fourth-order valence-corrected chi connectivity index (χ4v) is 2.50. The molecule has 0 radical (unpaired) electrons. The van der Waals surface area contributed by atoms with Crippen LogP contribution in [0.5, 0.6) is 0 Å². The zero-order chi connectivity index (χ0) is 14.2. The number of pyridine rings is 1. The fourth-order valence-electron chi connectivity index (χ4n) is 2.28. The van der Waals surface area contributed by atoms with Crippen LogP contribution in [0.1, 0.15) is 32.8 Å². The van der Waals surface area contributed by atoms with Crippen LogP contribution in [-0.4, -0.2) is 33.9 Å². The predicted molar refractivity (Wildman–Crippen MR) is 80.2 cm³/mol. The second kappa shape index (κ2) is 5.12. The highest BCUT2D eigenvalue weighted by atomic mass is 79.9. The summed E-state index contributed by atoms with van der Waals surface area (Å²) in [6, 6.07) is 2.13. The smallest absolute Gasteiger partial charge is 0.225 e. The zero-order valence-electron chi connectivity index (χ0n) is 11.8. The van der Waals surface area contributed by atoms with Gasteiger partial charge in [0.2, 0.25) is 5.91 Å². The van der Waals surface area contributed by atoms with Crippen LogP contribution in [0.3, 0.4) is 0 Å². The summed E-state index contributed by atoms with van der Waals surface area (Å²) in [7, 11) is 0.